The topological polar surface area (TPSA) is 77.8 Å². The van der Waals surface area contributed by atoms with Gasteiger partial charge in [-0.15, -0.1) is 11.3 Å². The number of thiazole rings is 1. The van der Waals surface area contributed by atoms with Gasteiger partial charge in [0.2, 0.25) is 0 Å². The molecule has 0 fully saturated rings. The predicted molar refractivity (Wildman–Crippen MR) is 74.5 cm³/mol. The summed E-state index contributed by atoms with van der Waals surface area (Å²) in [7, 11) is 0. The van der Waals surface area contributed by atoms with Crippen LogP contribution in [0.4, 0.5) is 0 Å². The Bertz CT molecular complexity index is 495. The van der Waals surface area contributed by atoms with E-state index in [9.17, 15) is 0 Å². The minimum Gasteiger partial charge on any atom is -0.332 e. The van der Waals surface area contributed by atoms with E-state index in [1.165, 1.54) is 11.3 Å². The number of thioether (sulfide) groups is 1. The van der Waals surface area contributed by atoms with Crippen LogP contribution in [0.1, 0.15) is 37.1 Å². The SMILES string of the molecule is CCCSCc1noc(-c2csc(C(C)N)n2)n1. The average Bonchev–Trinajstić information content (AvgIpc) is 2.97. The molecule has 0 aromatic carbocycles. The van der Waals surface area contributed by atoms with Gasteiger partial charge in [0.05, 0.1) is 11.8 Å². The molecular formula is C11H16N4OS2. The monoisotopic (exact) mass is 284 g/mol. The summed E-state index contributed by atoms with van der Waals surface area (Å²) < 4.78 is 5.20. The lowest BCUT2D eigenvalue weighted by atomic mass is 10.4. The number of aromatic nitrogens is 3. The maximum atomic E-state index is 5.77. The van der Waals surface area contributed by atoms with Crippen molar-refractivity contribution in [3.8, 4) is 11.6 Å². The normalized spacial score (nSPS) is 12.8. The van der Waals surface area contributed by atoms with Crippen LogP contribution in [0, 0.1) is 0 Å². The van der Waals surface area contributed by atoms with Crippen LogP contribution in [0.15, 0.2) is 9.90 Å². The third-order valence-electron chi connectivity index (χ3n) is 2.18. The molecule has 2 heterocycles. The van der Waals surface area contributed by atoms with Crippen molar-refractivity contribution in [2.45, 2.75) is 32.1 Å². The summed E-state index contributed by atoms with van der Waals surface area (Å²) in [6.45, 7) is 4.06. The fourth-order valence-electron chi connectivity index (χ4n) is 1.32. The second-order valence-corrected chi connectivity index (χ2v) is 5.92. The van der Waals surface area contributed by atoms with Crippen molar-refractivity contribution in [3.63, 3.8) is 0 Å². The van der Waals surface area contributed by atoms with Crippen molar-refractivity contribution in [1.29, 1.82) is 0 Å². The molecule has 18 heavy (non-hydrogen) atoms. The third-order valence-corrected chi connectivity index (χ3v) is 4.38. The minimum absolute atomic E-state index is 0.0637. The van der Waals surface area contributed by atoms with Crippen molar-refractivity contribution >= 4 is 23.1 Å². The Kier molecular flexibility index (Phi) is 4.73. The maximum Gasteiger partial charge on any atom is 0.277 e. The van der Waals surface area contributed by atoms with Gasteiger partial charge < -0.3 is 10.3 Å². The molecular weight excluding hydrogens is 268 g/mol. The van der Waals surface area contributed by atoms with Crippen LogP contribution < -0.4 is 5.73 Å². The van der Waals surface area contributed by atoms with Gasteiger partial charge >= 0.3 is 0 Å². The van der Waals surface area contributed by atoms with Crippen molar-refractivity contribution in [2.75, 3.05) is 5.75 Å². The molecule has 0 bridgehead atoms. The zero-order chi connectivity index (χ0) is 13.0. The van der Waals surface area contributed by atoms with Crippen LogP contribution >= 0.6 is 23.1 Å². The van der Waals surface area contributed by atoms with Gasteiger partial charge in [-0.05, 0) is 19.1 Å². The average molecular weight is 284 g/mol. The Labute approximate surface area is 114 Å². The van der Waals surface area contributed by atoms with E-state index < -0.39 is 0 Å². The summed E-state index contributed by atoms with van der Waals surface area (Å²) in [4.78, 5) is 8.71. The summed E-state index contributed by atoms with van der Waals surface area (Å²) in [5, 5.41) is 6.72. The number of nitrogens with two attached hydrogens (primary N) is 1. The highest BCUT2D eigenvalue weighted by molar-refractivity contribution is 7.98. The van der Waals surface area contributed by atoms with Crippen LogP contribution in [0.3, 0.4) is 0 Å². The first-order chi connectivity index (χ1) is 8.70. The van der Waals surface area contributed by atoms with Gasteiger partial charge in [-0.1, -0.05) is 12.1 Å². The van der Waals surface area contributed by atoms with E-state index in [4.69, 9.17) is 10.3 Å². The van der Waals surface area contributed by atoms with Gasteiger partial charge in [0.25, 0.3) is 5.89 Å². The Morgan fingerprint density at radius 1 is 1.50 bits per heavy atom. The second kappa shape index (κ2) is 6.31. The maximum absolute atomic E-state index is 5.77. The molecule has 0 aliphatic carbocycles. The molecule has 0 amide bonds. The molecule has 0 saturated carbocycles. The first-order valence-corrected chi connectivity index (χ1v) is 7.85. The first-order valence-electron chi connectivity index (χ1n) is 5.82. The quantitative estimate of drug-likeness (QED) is 0.822. The molecule has 0 saturated heterocycles. The van der Waals surface area contributed by atoms with E-state index in [2.05, 4.69) is 22.0 Å². The van der Waals surface area contributed by atoms with Gasteiger partial charge in [-0.3, -0.25) is 0 Å². The van der Waals surface area contributed by atoms with E-state index in [1.54, 1.807) is 11.8 Å². The van der Waals surface area contributed by atoms with E-state index >= 15 is 0 Å². The standard InChI is InChI=1S/C11H16N4OS2/c1-3-4-17-6-9-14-10(16-15-9)8-5-18-11(13-8)7(2)12/h5,7H,3-4,6,12H2,1-2H3. The molecule has 2 aromatic rings. The highest BCUT2D eigenvalue weighted by Gasteiger charge is 2.13. The Hall–Kier alpha value is -0.920. The lowest BCUT2D eigenvalue weighted by Crippen LogP contribution is -2.03. The van der Waals surface area contributed by atoms with Crippen molar-refractivity contribution in [1.82, 2.24) is 15.1 Å². The molecule has 2 aromatic heterocycles. The molecule has 2 rings (SSSR count). The van der Waals surface area contributed by atoms with Gasteiger partial charge in [0.15, 0.2) is 5.82 Å². The summed E-state index contributed by atoms with van der Waals surface area (Å²) in [5.41, 5.74) is 6.48. The van der Waals surface area contributed by atoms with Gasteiger partial charge in [-0.2, -0.15) is 16.7 Å². The molecule has 98 valence electrons. The van der Waals surface area contributed by atoms with E-state index in [1.807, 2.05) is 12.3 Å². The Balaban J connectivity index is 2.04. The van der Waals surface area contributed by atoms with Crippen LogP contribution in [-0.2, 0) is 5.75 Å². The highest BCUT2D eigenvalue weighted by atomic mass is 32.2. The Morgan fingerprint density at radius 3 is 3.00 bits per heavy atom. The van der Waals surface area contributed by atoms with Crippen molar-refractivity contribution in [3.05, 3.63) is 16.2 Å². The zero-order valence-corrected chi connectivity index (χ0v) is 12.1. The van der Waals surface area contributed by atoms with Crippen LogP contribution in [0.2, 0.25) is 0 Å². The first kappa shape index (κ1) is 13.5. The molecule has 0 radical (unpaired) electrons. The lowest BCUT2D eigenvalue weighted by molar-refractivity contribution is 0.424. The number of rotatable bonds is 6. The second-order valence-electron chi connectivity index (χ2n) is 3.93. The van der Waals surface area contributed by atoms with Crippen molar-refractivity contribution in [2.24, 2.45) is 5.73 Å². The zero-order valence-electron chi connectivity index (χ0n) is 10.4. The van der Waals surface area contributed by atoms with Crippen LogP contribution in [0.25, 0.3) is 11.6 Å². The number of hydrogen-bond donors (Lipinski definition) is 1. The fraction of sp³-hybridized carbons (Fsp3) is 0.545. The van der Waals surface area contributed by atoms with Gasteiger partial charge in [-0.25, -0.2) is 4.98 Å². The van der Waals surface area contributed by atoms with E-state index in [0.717, 1.165) is 28.8 Å². The summed E-state index contributed by atoms with van der Waals surface area (Å²) in [6, 6.07) is -0.0637. The molecule has 0 aliphatic rings. The number of hydrogen-bond acceptors (Lipinski definition) is 7. The predicted octanol–water partition coefficient (Wildman–Crippen LogP) is 2.86. The molecule has 1 atom stereocenters. The van der Waals surface area contributed by atoms with Gasteiger partial charge in [0.1, 0.15) is 10.7 Å². The minimum atomic E-state index is -0.0637. The smallest absolute Gasteiger partial charge is 0.277 e. The lowest BCUT2D eigenvalue weighted by Gasteiger charge is -1.95. The molecule has 1 unspecified atom stereocenters. The highest BCUT2D eigenvalue weighted by Crippen LogP contribution is 2.23. The third kappa shape index (κ3) is 3.30. The Morgan fingerprint density at radius 2 is 2.33 bits per heavy atom. The largest absolute Gasteiger partial charge is 0.332 e. The molecule has 0 spiro atoms. The molecule has 5 nitrogen and oxygen atoms in total. The molecule has 2 N–H and O–H groups in total. The van der Waals surface area contributed by atoms with Crippen LogP contribution in [0.5, 0.6) is 0 Å². The van der Waals surface area contributed by atoms with Gasteiger partial charge in [0, 0.05) is 5.38 Å². The summed E-state index contributed by atoms with van der Waals surface area (Å²) >= 11 is 3.32. The summed E-state index contributed by atoms with van der Waals surface area (Å²) in [6.07, 6.45) is 1.15. The van der Waals surface area contributed by atoms with Crippen LogP contribution in [-0.4, -0.2) is 20.9 Å². The fourth-order valence-corrected chi connectivity index (χ4v) is 2.80. The van der Waals surface area contributed by atoms with E-state index in [-0.39, 0.29) is 6.04 Å². The molecule has 7 heteroatoms. The number of nitrogens with zero attached hydrogens (tertiary/aromatic N) is 3. The van der Waals surface area contributed by atoms with Crippen molar-refractivity contribution < 1.29 is 4.52 Å². The molecule has 0 aliphatic heterocycles. The van der Waals surface area contributed by atoms with E-state index in [0.29, 0.717) is 11.6 Å². The summed E-state index contributed by atoms with van der Waals surface area (Å²) in [5.74, 6) is 3.08.